The second kappa shape index (κ2) is 6.68. The third-order valence-corrected chi connectivity index (χ3v) is 4.46. The Hall–Kier alpha value is -1.92. The first-order valence-corrected chi connectivity index (χ1v) is 8.04. The number of halogens is 1. The maximum Gasteiger partial charge on any atom is 0.275 e. The van der Waals surface area contributed by atoms with Crippen molar-refractivity contribution < 1.29 is 9.90 Å². The molecule has 0 spiro atoms. The molecule has 1 aromatic heterocycles. The summed E-state index contributed by atoms with van der Waals surface area (Å²) in [6.07, 6.45) is 3.92. The summed E-state index contributed by atoms with van der Waals surface area (Å²) in [6, 6.07) is 7.12. The van der Waals surface area contributed by atoms with E-state index in [2.05, 4.69) is 10.2 Å². The molecule has 7 heteroatoms. The van der Waals surface area contributed by atoms with E-state index in [-0.39, 0.29) is 23.6 Å². The molecule has 0 radical (unpaired) electrons. The fourth-order valence-electron chi connectivity index (χ4n) is 2.95. The maximum atomic E-state index is 12.5. The van der Waals surface area contributed by atoms with Gasteiger partial charge >= 0.3 is 0 Å². The van der Waals surface area contributed by atoms with Crippen molar-refractivity contribution in [3.05, 3.63) is 41.2 Å². The fraction of sp³-hybridized carbons (Fsp3) is 0.438. The first kappa shape index (κ1) is 16.0. The molecule has 0 saturated heterocycles. The van der Waals surface area contributed by atoms with E-state index >= 15 is 0 Å². The standard InChI is InChI=1S/C16H19ClN4O2/c1-20(10-11-4-2-7-15(11)22)16(23)14-9-18-21(19-14)13-6-3-5-12(17)8-13/h3,5-6,8-9,11,15,22H,2,4,7,10H2,1H3. The van der Waals surface area contributed by atoms with Crippen molar-refractivity contribution in [1.29, 1.82) is 0 Å². The number of benzene rings is 1. The Balaban J connectivity index is 1.70. The van der Waals surface area contributed by atoms with E-state index in [4.69, 9.17) is 11.6 Å². The molecular weight excluding hydrogens is 316 g/mol. The van der Waals surface area contributed by atoms with Crippen molar-refractivity contribution in [2.45, 2.75) is 25.4 Å². The van der Waals surface area contributed by atoms with Crippen LogP contribution in [0.4, 0.5) is 0 Å². The molecule has 2 unspecified atom stereocenters. The number of nitrogens with zero attached hydrogens (tertiary/aromatic N) is 4. The van der Waals surface area contributed by atoms with Gasteiger partial charge in [-0.15, -0.1) is 5.10 Å². The number of hydrogen-bond donors (Lipinski definition) is 1. The Morgan fingerprint density at radius 1 is 1.48 bits per heavy atom. The number of aliphatic hydroxyl groups excluding tert-OH is 1. The van der Waals surface area contributed by atoms with Crippen LogP contribution in [0.25, 0.3) is 5.69 Å². The zero-order valence-corrected chi connectivity index (χ0v) is 13.6. The lowest BCUT2D eigenvalue weighted by Gasteiger charge is -2.22. The lowest BCUT2D eigenvalue weighted by Crippen LogP contribution is -2.34. The van der Waals surface area contributed by atoms with Crippen molar-refractivity contribution in [2.24, 2.45) is 5.92 Å². The molecule has 1 saturated carbocycles. The van der Waals surface area contributed by atoms with Gasteiger partial charge in [-0.25, -0.2) is 0 Å². The molecule has 1 fully saturated rings. The zero-order valence-electron chi connectivity index (χ0n) is 12.9. The van der Waals surface area contributed by atoms with Crippen LogP contribution in [0.15, 0.2) is 30.5 Å². The Labute approximate surface area is 139 Å². The number of rotatable bonds is 4. The minimum atomic E-state index is -0.313. The smallest absolute Gasteiger partial charge is 0.275 e. The van der Waals surface area contributed by atoms with Crippen molar-refractivity contribution in [3.8, 4) is 5.69 Å². The van der Waals surface area contributed by atoms with E-state index < -0.39 is 0 Å². The summed E-state index contributed by atoms with van der Waals surface area (Å²) in [4.78, 5) is 15.4. The molecule has 1 aromatic carbocycles. The first-order valence-electron chi connectivity index (χ1n) is 7.66. The van der Waals surface area contributed by atoms with E-state index in [0.29, 0.717) is 17.3 Å². The predicted molar refractivity (Wildman–Crippen MR) is 86.7 cm³/mol. The third-order valence-electron chi connectivity index (χ3n) is 4.22. The Kier molecular flexibility index (Phi) is 4.63. The largest absolute Gasteiger partial charge is 0.393 e. The molecule has 1 amide bonds. The second-order valence-electron chi connectivity index (χ2n) is 5.94. The summed E-state index contributed by atoms with van der Waals surface area (Å²) < 4.78 is 0. The number of hydrogen-bond acceptors (Lipinski definition) is 4. The Morgan fingerprint density at radius 3 is 3.00 bits per heavy atom. The Bertz CT molecular complexity index is 703. The number of aromatic nitrogens is 3. The van der Waals surface area contributed by atoms with Crippen LogP contribution in [0.1, 0.15) is 29.8 Å². The Morgan fingerprint density at radius 2 is 2.30 bits per heavy atom. The molecule has 3 rings (SSSR count). The molecule has 1 N–H and O–H groups in total. The molecule has 23 heavy (non-hydrogen) atoms. The quantitative estimate of drug-likeness (QED) is 0.930. The van der Waals surface area contributed by atoms with Crippen LogP contribution < -0.4 is 0 Å². The molecule has 2 atom stereocenters. The monoisotopic (exact) mass is 334 g/mol. The van der Waals surface area contributed by atoms with Crippen LogP contribution in [-0.2, 0) is 0 Å². The average molecular weight is 335 g/mol. The highest BCUT2D eigenvalue weighted by Crippen LogP contribution is 2.26. The molecule has 6 nitrogen and oxygen atoms in total. The van der Waals surface area contributed by atoms with Crippen LogP contribution >= 0.6 is 11.6 Å². The number of aliphatic hydroxyl groups is 1. The van der Waals surface area contributed by atoms with Gasteiger partial charge in [0.25, 0.3) is 5.91 Å². The van der Waals surface area contributed by atoms with Gasteiger partial charge in [-0.2, -0.15) is 9.90 Å². The number of carbonyl (C=O) groups is 1. The SMILES string of the molecule is CN(CC1CCCC1O)C(=O)c1cnn(-c2cccc(Cl)c2)n1. The molecule has 1 aliphatic rings. The van der Waals surface area contributed by atoms with Gasteiger partial charge in [-0.3, -0.25) is 4.79 Å². The van der Waals surface area contributed by atoms with E-state index in [9.17, 15) is 9.90 Å². The van der Waals surface area contributed by atoms with Gasteiger partial charge in [0, 0.05) is 24.5 Å². The molecular formula is C16H19ClN4O2. The van der Waals surface area contributed by atoms with Gasteiger partial charge in [0.15, 0.2) is 5.69 Å². The van der Waals surface area contributed by atoms with Crippen LogP contribution in [-0.4, -0.2) is 50.6 Å². The molecule has 122 valence electrons. The molecule has 1 aliphatic carbocycles. The zero-order chi connectivity index (χ0) is 16.4. The lowest BCUT2D eigenvalue weighted by molar-refractivity contribution is 0.0688. The molecule has 1 heterocycles. The first-order chi connectivity index (χ1) is 11.0. The number of carbonyl (C=O) groups excluding carboxylic acids is 1. The summed E-state index contributed by atoms with van der Waals surface area (Å²) in [6.45, 7) is 0.532. The maximum absolute atomic E-state index is 12.5. The van der Waals surface area contributed by atoms with Gasteiger partial charge in [0.1, 0.15) is 0 Å². The van der Waals surface area contributed by atoms with Crippen molar-refractivity contribution >= 4 is 17.5 Å². The highest BCUT2D eigenvalue weighted by molar-refractivity contribution is 6.30. The summed E-state index contributed by atoms with van der Waals surface area (Å²) in [5.74, 6) is -0.0516. The van der Waals surface area contributed by atoms with Crippen molar-refractivity contribution in [3.63, 3.8) is 0 Å². The van der Waals surface area contributed by atoms with E-state index in [1.807, 2.05) is 6.07 Å². The summed E-state index contributed by atoms with van der Waals surface area (Å²) in [5.41, 5.74) is 0.977. The number of amides is 1. The average Bonchev–Trinajstić information content (AvgIpc) is 3.16. The molecule has 2 aromatic rings. The van der Waals surface area contributed by atoms with Crippen LogP contribution in [0.2, 0.25) is 5.02 Å². The summed E-state index contributed by atoms with van der Waals surface area (Å²) in [5, 5.41) is 18.8. The van der Waals surface area contributed by atoms with Gasteiger partial charge in [-0.05, 0) is 31.0 Å². The highest BCUT2D eigenvalue weighted by atomic mass is 35.5. The van der Waals surface area contributed by atoms with E-state index in [1.54, 1.807) is 30.1 Å². The van der Waals surface area contributed by atoms with Gasteiger partial charge in [-0.1, -0.05) is 24.1 Å². The fourth-order valence-corrected chi connectivity index (χ4v) is 3.13. The van der Waals surface area contributed by atoms with Crippen LogP contribution in [0, 0.1) is 5.92 Å². The third kappa shape index (κ3) is 3.54. The summed E-state index contributed by atoms with van der Waals surface area (Å²) >= 11 is 5.96. The van der Waals surface area contributed by atoms with Gasteiger partial charge in [0.05, 0.1) is 18.0 Å². The normalized spacial score (nSPS) is 20.7. The second-order valence-corrected chi connectivity index (χ2v) is 6.38. The van der Waals surface area contributed by atoms with Gasteiger partial charge < -0.3 is 10.0 Å². The predicted octanol–water partition coefficient (Wildman–Crippen LogP) is 2.15. The highest BCUT2D eigenvalue weighted by Gasteiger charge is 2.28. The topological polar surface area (TPSA) is 71.2 Å². The van der Waals surface area contributed by atoms with Crippen LogP contribution in [0.3, 0.4) is 0 Å². The molecule has 0 bridgehead atoms. The van der Waals surface area contributed by atoms with Crippen molar-refractivity contribution in [1.82, 2.24) is 19.9 Å². The van der Waals surface area contributed by atoms with Crippen molar-refractivity contribution in [2.75, 3.05) is 13.6 Å². The van der Waals surface area contributed by atoms with Crippen LogP contribution in [0.5, 0.6) is 0 Å². The molecule has 0 aliphatic heterocycles. The van der Waals surface area contributed by atoms with E-state index in [0.717, 1.165) is 19.3 Å². The minimum Gasteiger partial charge on any atom is -0.393 e. The van der Waals surface area contributed by atoms with E-state index in [1.165, 1.54) is 11.0 Å². The summed E-state index contributed by atoms with van der Waals surface area (Å²) in [7, 11) is 1.73. The van der Waals surface area contributed by atoms with Gasteiger partial charge in [0.2, 0.25) is 0 Å². The lowest BCUT2D eigenvalue weighted by atomic mass is 10.1. The minimum absolute atomic E-state index is 0.145.